The first-order valence-electron chi connectivity index (χ1n) is 9.90. The predicted octanol–water partition coefficient (Wildman–Crippen LogP) is 2.19. The molecule has 11 heteroatoms. The molecule has 1 aliphatic heterocycles. The average molecular weight is 476 g/mol. The van der Waals surface area contributed by atoms with Crippen LogP contribution in [-0.2, 0) is 20.9 Å². The highest BCUT2D eigenvalue weighted by atomic mass is 35.5. The number of nitrogens with zero attached hydrogens (tertiary/aromatic N) is 4. The first-order valence-corrected chi connectivity index (χ1v) is 11.1. The normalized spacial score (nSPS) is 16.6. The van der Waals surface area contributed by atoms with Gasteiger partial charge in [-0.25, -0.2) is 9.97 Å². The maximum absolute atomic E-state index is 13.2. The quantitative estimate of drug-likeness (QED) is 0.557. The number of aromatic nitrogens is 2. The molecule has 1 aromatic carbocycles. The Hall–Kier alpha value is -2.95. The highest BCUT2D eigenvalue weighted by Gasteiger charge is 2.37. The van der Waals surface area contributed by atoms with Crippen LogP contribution in [0.2, 0.25) is 4.34 Å². The van der Waals surface area contributed by atoms with Crippen LogP contribution in [0.25, 0.3) is 10.9 Å². The Kier molecular flexibility index (Phi) is 6.73. The number of methoxy groups -OCH3 is 1. The summed E-state index contributed by atoms with van der Waals surface area (Å²) in [6, 6.07) is 8.34. The molecular weight excluding hydrogens is 454 g/mol. The SMILES string of the molecule is COC[C@H]1C(=O)N(Cc2ccc3c(N)ncnc3c2)CCN1C(=O)COc1ccc(Cl)s1. The maximum Gasteiger partial charge on any atom is 0.261 e. The van der Waals surface area contributed by atoms with Gasteiger partial charge >= 0.3 is 0 Å². The van der Waals surface area contributed by atoms with Crippen LogP contribution in [0.3, 0.4) is 0 Å². The summed E-state index contributed by atoms with van der Waals surface area (Å²) in [7, 11) is 1.51. The molecule has 3 aromatic rings. The van der Waals surface area contributed by atoms with Gasteiger partial charge in [-0.15, -0.1) is 0 Å². The van der Waals surface area contributed by atoms with Gasteiger partial charge in [0.1, 0.15) is 18.2 Å². The van der Waals surface area contributed by atoms with E-state index in [2.05, 4.69) is 9.97 Å². The maximum atomic E-state index is 13.2. The van der Waals surface area contributed by atoms with Crippen molar-refractivity contribution in [3.63, 3.8) is 0 Å². The molecule has 2 aromatic heterocycles. The first-order chi connectivity index (χ1) is 15.5. The fraction of sp³-hybridized carbons (Fsp3) is 0.333. The van der Waals surface area contributed by atoms with Gasteiger partial charge in [0, 0.05) is 32.1 Å². The van der Waals surface area contributed by atoms with Crippen LogP contribution in [0.15, 0.2) is 36.7 Å². The number of nitrogens with two attached hydrogens (primary N) is 1. The molecule has 1 saturated heterocycles. The Balaban J connectivity index is 1.44. The summed E-state index contributed by atoms with van der Waals surface area (Å²) in [5, 5.41) is 1.32. The Bertz CT molecular complexity index is 1140. The zero-order chi connectivity index (χ0) is 22.7. The lowest BCUT2D eigenvalue weighted by Crippen LogP contribution is -2.60. The minimum Gasteiger partial charge on any atom is -0.474 e. The van der Waals surface area contributed by atoms with Crippen LogP contribution in [-0.4, -0.2) is 71.0 Å². The van der Waals surface area contributed by atoms with E-state index < -0.39 is 6.04 Å². The lowest BCUT2D eigenvalue weighted by molar-refractivity contribution is -0.155. The van der Waals surface area contributed by atoms with E-state index in [-0.39, 0.29) is 25.0 Å². The second kappa shape index (κ2) is 9.68. The summed E-state index contributed by atoms with van der Waals surface area (Å²) in [5.41, 5.74) is 7.52. The second-order valence-electron chi connectivity index (χ2n) is 7.28. The van der Waals surface area contributed by atoms with Crippen molar-refractivity contribution in [1.29, 1.82) is 0 Å². The van der Waals surface area contributed by atoms with Gasteiger partial charge in [0.2, 0.25) is 5.91 Å². The predicted molar refractivity (Wildman–Crippen MR) is 122 cm³/mol. The largest absolute Gasteiger partial charge is 0.474 e. The van der Waals surface area contributed by atoms with Crippen molar-refractivity contribution in [2.45, 2.75) is 12.6 Å². The average Bonchev–Trinajstić information content (AvgIpc) is 3.20. The third kappa shape index (κ3) is 4.77. The number of hydrogen-bond donors (Lipinski definition) is 1. The van der Waals surface area contributed by atoms with Crippen LogP contribution >= 0.6 is 22.9 Å². The monoisotopic (exact) mass is 475 g/mol. The van der Waals surface area contributed by atoms with Gasteiger partial charge in [-0.2, -0.15) is 0 Å². The summed E-state index contributed by atoms with van der Waals surface area (Å²) < 4.78 is 11.4. The molecule has 168 valence electrons. The van der Waals surface area contributed by atoms with Crippen LogP contribution in [0.1, 0.15) is 5.56 Å². The molecule has 0 bridgehead atoms. The van der Waals surface area contributed by atoms with Crippen molar-refractivity contribution in [1.82, 2.24) is 19.8 Å². The lowest BCUT2D eigenvalue weighted by atomic mass is 10.1. The number of nitrogen functional groups attached to an aromatic ring is 1. The number of halogens is 1. The number of anilines is 1. The van der Waals surface area contributed by atoms with Crippen molar-refractivity contribution in [3.8, 4) is 5.06 Å². The van der Waals surface area contributed by atoms with Gasteiger partial charge in [-0.05, 0) is 29.8 Å². The summed E-state index contributed by atoms with van der Waals surface area (Å²) in [5.74, 6) is -0.0349. The van der Waals surface area contributed by atoms with Gasteiger partial charge in [-0.3, -0.25) is 9.59 Å². The Morgan fingerprint density at radius 2 is 2.12 bits per heavy atom. The number of fused-ring (bicyclic) bond motifs is 1. The molecule has 0 unspecified atom stereocenters. The number of carbonyl (C=O) groups is 2. The number of thiophene rings is 1. The Labute approximate surface area is 193 Å². The zero-order valence-electron chi connectivity index (χ0n) is 17.4. The minimum absolute atomic E-state index is 0.105. The Morgan fingerprint density at radius 1 is 1.28 bits per heavy atom. The highest BCUT2D eigenvalue weighted by Crippen LogP contribution is 2.28. The van der Waals surface area contributed by atoms with Gasteiger partial charge in [0.05, 0.1) is 16.5 Å². The Morgan fingerprint density at radius 3 is 2.88 bits per heavy atom. The topological polar surface area (TPSA) is 111 Å². The molecule has 1 atom stereocenters. The van der Waals surface area contributed by atoms with Gasteiger partial charge in [0.25, 0.3) is 5.91 Å². The fourth-order valence-corrected chi connectivity index (χ4v) is 4.52. The van der Waals surface area contributed by atoms with Crippen molar-refractivity contribution >= 4 is 51.5 Å². The van der Waals surface area contributed by atoms with E-state index in [1.807, 2.05) is 18.2 Å². The fourth-order valence-electron chi connectivity index (χ4n) is 3.65. The molecule has 9 nitrogen and oxygen atoms in total. The highest BCUT2D eigenvalue weighted by molar-refractivity contribution is 7.17. The van der Waals surface area contributed by atoms with Crippen LogP contribution < -0.4 is 10.5 Å². The molecule has 1 aliphatic rings. The number of piperazine rings is 1. The zero-order valence-corrected chi connectivity index (χ0v) is 18.9. The van der Waals surface area contributed by atoms with E-state index in [1.54, 1.807) is 17.0 Å². The van der Waals surface area contributed by atoms with E-state index in [0.29, 0.717) is 34.9 Å². The first kappa shape index (κ1) is 22.3. The smallest absolute Gasteiger partial charge is 0.261 e. The number of hydrogen-bond acceptors (Lipinski definition) is 8. The van der Waals surface area contributed by atoms with E-state index in [0.717, 1.165) is 16.5 Å². The molecule has 0 radical (unpaired) electrons. The molecule has 0 saturated carbocycles. The number of rotatable bonds is 7. The molecule has 0 spiro atoms. The molecule has 2 N–H and O–H groups in total. The molecule has 32 heavy (non-hydrogen) atoms. The summed E-state index contributed by atoms with van der Waals surface area (Å²) in [6.45, 7) is 1.12. The van der Waals surface area contributed by atoms with Crippen molar-refractivity contribution in [2.75, 3.05) is 39.1 Å². The third-order valence-electron chi connectivity index (χ3n) is 5.22. The van der Waals surface area contributed by atoms with Crippen LogP contribution in [0.5, 0.6) is 5.06 Å². The summed E-state index contributed by atoms with van der Waals surface area (Å²) in [4.78, 5) is 37.4. The molecular formula is C21H22ClN5O4S. The molecule has 2 amide bonds. The van der Waals surface area contributed by atoms with Gasteiger partial charge in [0.15, 0.2) is 11.7 Å². The second-order valence-corrected chi connectivity index (χ2v) is 8.95. The van der Waals surface area contributed by atoms with E-state index in [4.69, 9.17) is 26.8 Å². The van der Waals surface area contributed by atoms with Crippen LogP contribution in [0.4, 0.5) is 5.82 Å². The standard InChI is InChI=1S/C21H22ClN5O4S/c1-30-10-16-21(29)26(9-13-2-3-14-15(8-13)24-12-25-20(14)23)6-7-27(16)18(28)11-31-19-5-4-17(22)32-19/h2-5,8,12,16H,6-7,9-11H2,1H3,(H2,23,24,25)/t16-/m0/s1. The molecule has 0 aliphatic carbocycles. The van der Waals surface area contributed by atoms with Gasteiger partial charge < -0.3 is 25.0 Å². The van der Waals surface area contributed by atoms with E-state index in [9.17, 15) is 9.59 Å². The number of amides is 2. The number of benzene rings is 1. The van der Waals surface area contributed by atoms with Crippen LogP contribution in [0, 0.1) is 0 Å². The van der Waals surface area contributed by atoms with Gasteiger partial charge in [-0.1, -0.05) is 29.0 Å². The molecule has 4 rings (SSSR count). The third-order valence-corrected chi connectivity index (χ3v) is 6.36. The molecule has 1 fully saturated rings. The molecule has 3 heterocycles. The van der Waals surface area contributed by atoms with Crippen molar-refractivity contribution in [3.05, 3.63) is 46.6 Å². The van der Waals surface area contributed by atoms with Crippen molar-refractivity contribution in [2.24, 2.45) is 0 Å². The summed E-state index contributed by atoms with van der Waals surface area (Å²) >= 11 is 7.14. The lowest BCUT2D eigenvalue weighted by Gasteiger charge is -2.40. The summed E-state index contributed by atoms with van der Waals surface area (Å²) in [6.07, 6.45) is 1.41. The van der Waals surface area contributed by atoms with Crippen molar-refractivity contribution < 1.29 is 19.1 Å². The van der Waals surface area contributed by atoms with E-state index in [1.165, 1.54) is 29.7 Å². The number of carbonyl (C=O) groups excluding carboxylic acids is 2. The number of ether oxygens (including phenoxy) is 2. The minimum atomic E-state index is -0.713. The van der Waals surface area contributed by atoms with E-state index >= 15 is 0 Å².